The second-order valence-corrected chi connectivity index (χ2v) is 26.9. The van der Waals surface area contributed by atoms with E-state index in [9.17, 15) is 92.7 Å². The Morgan fingerprint density at radius 1 is 0.577 bits per heavy atom. The van der Waals surface area contributed by atoms with Gasteiger partial charge in [-0.1, -0.05) is 82.6 Å². The Labute approximate surface area is 608 Å². The first-order valence-corrected chi connectivity index (χ1v) is 35.0. The Balaban J connectivity index is 1.19. The lowest BCUT2D eigenvalue weighted by atomic mass is 9.96. The van der Waals surface area contributed by atoms with Crippen molar-refractivity contribution in [1.82, 2.24) is 62.7 Å². The molecule has 1 saturated heterocycles. The van der Waals surface area contributed by atoms with E-state index in [1.54, 1.807) is 70.4 Å². The molecule has 3 heterocycles. The number of thiol groups is 2. The molecule has 13 atom stereocenters. The maximum absolute atomic E-state index is 14.7. The van der Waals surface area contributed by atoms with Gasteiger partial charge in [0.15, 0.2) is 0 Å². The molecule has 11 amide bonds. The van der Waals surface area contributed by atoms with Crippen LogP contribution in [0, 0.1) is 18.8 Å². The van der Waals surface area contributed by atoms with Crippen LogP contribution >= 0.6 is 25.3 Å². The van der Waals surface area contributed by atoms with Crippen molar-refractivity contribution >= 4 is 130 Å². The summed E-state index contributed by atoms with van der Waals surface area (Å²) in [7, 11) is 0. The van der Waals surface area contributed by atoms with Gasteiger partial charge < -0.3 is 99.7 Å². The number of phenolic OH excluding ortho intramolecular Hbond substituents is 1. The van der Waals surface area contributed by atoms with E-state index < -0.39 is 217 Å². The van der Waals surface area contributed by atoms with E-state index in [2.05, 4.69) is 83.1 Å². The van der Waals surface area contributed by atoms with E-state index in [4.69, 9.17) is 11.5 Å². The van der Waals surface area contributed by atoms with Crippen LogP contribution in [0.4, 0.5) is 0 Å². The predicted octanol–water partition coefficient (Wildman–Crippen LogP) is -1.02. The number of aliphatic hydroxyl groups is 1. The van der Waals surface area contributed by atoms with Crippen molar-refractivity contribution in [2.75, 3.05) is 18.1 Å². The number of phenols is 1. The third-order valence-corrected chi connectivity index (χ3v) is 18.4. The molecule has 1 aliphatic rings. The van der Waals surface area contributed by atoms with Crippen molar-refractivity contribution in [2.24, 2.45) is 23.3 Å². The van der Waals surface area contributed by atoms with Gasteiger partial charge in [-0.25, -0.2) is 4.79 Å². The highest BCUT2D eigenvalue weighted by atomic mass is 32.1. The van der Waals surface area contributed by atoms with Gasteiger partial charge in [-0.15, -0.1) is 0 Å². The maximum atomic E-state index is 14.7. The number of para-hydroxylation sites is 2. The number of H-pyrrole nitrogens is 2. The molecule has 0 saturated carbocycles. The van der Waals surface area contributed by atoms with Crippen LogP contribution in [0.15, 0.2) is 79.1 Å². The summed E-state index contributed by atoms with van der Waals surface area (Å²) in [6, 6.07) is 1.18. The summed E-state index contributed by atoms with van der Waals surface area (Å²) in [5, 5.41) is 74.9. The molecule has 35 heteroatoms. The number of nitrogens with zero attached hydrogens (tertiary/aromatic N) is 1. The van der Waals surface area contributed by atoms with Gasteiger partial charge in [-0.2, -0.15) is 25.3 Å². The van der Waals surface area contributed by atoms with Gasteiger partial charge >= 0.3 is 17.9 Å². The van der Waals surface area contributed by atoms with Crippen molar-refractivity contribution < 1.29 is 92.7 Å². The number of hydrogen-bond donors (Lipinski definition) is 20. The number of likely N-dealkylation sites (tertiary alicyclic amines) is 1. The zero-order valence-corrected chi connectivity index (χ0v) is 59.7. The summed E-state index contributed by atoms with van der Waals surface area (Å²) < 4.78 is 0. The minimum absolute atomic E-state index is 0.0171. The third-order valence-electron chi connectivity index (χ3n) is 17.7. The van der Waals surface area contributed by atoms with Crippen LogP contribution in [-0.2, 0) is 86.4 Å². The van der Waals surface area contributed by atoms with Crippen LogP contribution < -0.4 is 59.3 Å². The number of aliphatic carboxylic acids is 3. The van der Waals surface area contributed by atoms with Crippen LogP contribution in [0.1, 0.15) is 101 Å². The minimum Gasteiger partial charge on any atom is -0.508 e. The fourth-order valence-electron chi connectivity index (χ4n) is 11.8. The van der Waals surface area contributed by atoms with Crippen LogP contribution in [0.2, 0.25) is 0 Å². The Hall–Kier alpha value is -10.3. The number of primary amides is 1. The van der Waals surface area contributed by atoms with Crippen LogP contribution in [0.5, 0.6) is 5.75 Å². The first kappa shape index (κ1) is 82.7. The number of carbonyl (C=O) groups is 14. The summed E-state index contributed by atoms with van der Waals surface area (Å²) >= 11 is 8.61. The molecule has 1 fully saturated rings. The standard InChI is InChI=1S/C69H92N14O19S2/c1-6-34(4)58(67(99)75-46(69(101)102)16-19-55(71)86)82-64(96)49(25-38-29-73-44-14-10-8-12-41(38)44)77-65(97)51(31-103)80-61(93)47(21-33(2)3)76-63(95)50(27-57(89)90)78-62(94)48(23-36-15-18-54(85)35(5)22-36)79-66(98)53-26-39(84)30-83(53)68(100)52(32-104)81-60(92)45(17-20-56(87)88)74-59(91)42(70)24-37-28-72-43-13-9-7-11-40(37)43/h7-15,18,22,28-29,33-34,39,42,45-53,58,72-73,84-85,103-104H,6,16-17,19-21,23-27,30-32,70H2,1-5H3,(H2,71,86)(H,74,91)(H,75,99)(H,76,95)(H,77,97)(H,78,94)(H,79,98)(H,80,93)(H,81,92)(H,82,96)(H,87,88)(H,89,90)(H,101,102)/t34-,39+,42-,45+,46-,47-,48-,49-,50-,51-,52-,53-,58-/m0/s1. The molecular weight excluding hydrogens is 1390 g/mol. The number of aryl methyl sites for hydroxylation is 1. The largest absolute Gasteiger partial charge is 0.508 e. The van der Waals surface area contributed by atoms with Gasteiger partial charge in [-0.05, 0) is 84.9 Å². The van der Waals surface area contributed by atoms with Crippen molar-refractivity contribution in [3.05, 3.63) is 101 Å². The molecule has 1 aliphatic heterocycles. The number of aromatic amines is 2. The zero-order chi connectivity index (χ0) is 76.8. The SMILES string of the molecule is CC[C@H](C)[C@H](NC(=O)[C@H](Cc1c[nH]c2ccccc12)NC(=O)[C@H](CS)NC(=O)[C@H](CC(C)C)NC(=O)[C@H](CC(=O)O)NC(=O)[C@H](Cc1ccc(O)c(C)c1)NC(=O)[C@@H]1C[C@@H](O)CN1C(=O)[C@H](CS)NC(=O)[C@@H](CCC(=O)O)NC(=O)[C@@H](N)Cc1c[nH]c2ccccc12)C(=O)N[C@@H](CCC(N)=O)C(=O)O. The number of benzene rings is 3. The molecular formula is C69H92N14O19S2. The number of fused-ring (bicyclic) bond motifs is 2. The molecule has 20 N–H and O–H groups in total. The zero-order valence-electron chi connectivity index (χ0n) is 57.9. The fourth-order valence-corrected chi connectivity index (χ4v) is 12.3. The molecule has 104 heavy (non-hydrogen) atoms. The number of nitrogens with two attached hydrogens (primary N) is 2. The molecule has 564 valence electrons. The highest BCUT2D eigenvalue weighted by Gasteiger charge is 2.44. The van der Waals surface area contributed by atoms with Gasteiger partial charge in [0.05, 0.1) is 18.6 Å². The first-order valence-electron chi connectivity index (χ1n) is 33.7. The number of nitrogens with one attached hydrogen (secondary N) is 11. The maximum Gasteiger partial charge on any atom is 0.326 e. The van der Waals surface area contributed by atoms with Gasteiger partial charge in [-0.3, -0.25) is 62.3 Å². The molecule has 33 nitrogen and oxygen atoms in total. The number of carboxylic acids is 3. The van der Waals surface area contributed by atoms with Gasteiger partial charge in [0.2, 0.25) is 65.0 Å². The molecule has 3 aromatic carbocycles. The summed E-state index contributed by atoms with van der Waals surface area (Å²) in [5.41, 5.74) is 14.8. The number of rotatable bonds is 40. The Morgan fingerprint density at radius 3 is 1.64 bits per heavy atom. The van der Waals surface area contributed by atoms with Gasteiger partial charge in [0.25, 0.3) is 0 Å². The lowest BCUT2D eigenvalue weighted by Gasteiger charge is -2.30. The molecule has 0 bridgehead atoms. The number of β-amino-alcohol motifs (C(OH)–C–C–N with tert-alkyl or cyclic N) is 1. The Morgan fingerprint density at radius 2 is 1.08 bits per heavy atom. The van der Waals surface area contributed by atoms with Crippen molar-refractivity contribution in [1.29, 1.82) is 0 Å². The number of aliphatic hydroxyl groups excluding tert-OH is 1. The van der Waals surface area contributed by atoms with E-state index >= 15 is 0 Å². The molecule has 5 aromatic rings. The Kier molecular flexibility index (Phi) is 30.9. The van der Waals surface area contributed by atoms with E-state index in [0.29, 0.717) is 39.6 Å². The van der Waals surface area contributed by atoms with Crippen molar-refractivity contribution in [3.63, 3.8) is 0 Å². The monoisotopic (exact) mass is 1480 g/mol. The number of amides is 11. The number of carboxylic acid groups (broad SMARTS) is 3. The highest BCUT2D eigenvalue weighted by molar-refractivity contribution is 7.80. The van der Waals surface area contributed by atoms with E-state index in [0.717, 1.165) is 15.8 Å². The molecule has 0 radical (unpaired) electrons. The van der Waals surface area contributed by atoms with Gasteiger partial charge in [0, 0.05) is 84.4 Å². The van der Waals surface area contributed by atoms with Crippen molar-refractivity contribution in [3.8, 4) is 5.75 Å². The van der Waals surface area contributed by atoms with Gasteiger partial charge in [0.1, 0.15) is 66.2 Å². The van der Waals surface area contributed by atoms with Crippen LogP contribution in [-0.4, -0.2) is 214 Å². The number of hydrogen-bond acceptors (Lipinski definition) is 19. The summed E-state index contributed by atoms with van der Waals surface area (Å²) in [6.07, 6.45) is -1.89. The lowest BCUT2D eigenvalue weighted by molar-refractivity contribution is -0.143. The van der Waals surface area contributed by atoms with Crippen LogP contribution in [0.25, 0.3) is 21.8 Å². The number of aromatic nitrogens is 2. The average molecular weight is 1490 g/mol. The topological polar surface area (TPSA) is 535 Å². The lowest BCUT2D eigenvalue weighted by Crippen LogP contribution is -2.61. The van der Waals surface area contributed by atoms with E-state index in [1.807, 2.05) is 18.2 Å². The predicted molar refractivity (Wildman–Crippen MR) is 384 cm³/mol. The highest BCUT2D eigenvalue weighted by Crippen LogP contribution is 2.25. The smallest absolute Gasteiger partial charge is 0.326 e. The second kappa shape index (κ2) is 38.9. The fraction of sp³-hybridized carbons (Fsp3) is 0.478. The van der Waals surface area contributed by atoms with Crippen molar-refractivity contribution in [2.45, 2.75) is 178 Å². The van der Waals surface area contributed by atoms with Crippen LogP contribution in [0.3, 0.4) is 0 Å². The quantitative estimate of drug-likeness (QED) is 0.0209. The summed E-state index contributed by atoms with van der Waals surface area (Å²) in [6.45, 7) is 7.73. The molecule has 0 aliphatic carbocycles. The number of carbonyl (C=O) groups excluding carboxylic acids is 11. The molecule has 0 unspecified atom stereocenters. The minimum atomic E-state index is -2.01. The molecule has 6 rings (SSSR count). The molecule has 2 aromatic heterocycles. The normalized spacial score (nSPS) is 16.7. The third kappa shape index (κ3) is 23.6. The van der Waals surface area contributed by atoms with E-state index in [1.165, 1.54) is 25.1 Å². The summed E-state index contributed by atoms with van der Waals surface area (Å²) in [4.78, 5) is 198. The Bertz CT molecular complexity index is 3960. The summed E-state index contributed by atoms with van der Waals surface area (Å²) in [5.74, 6) is -17.3. The number of aromatic hydroxyl groups is 1. The average Bonchev–Trinajstić information content (AvgIpc) is 1.63. The van der Waals surface area contributed by atoms with E-state index in [-0.39, 0.29) is 37.9 Å². The molecule has 0 spiro atoms. The second-order valence-electron chi connectivity index (χ2n) is 26.2. The first-order chi connectivity index (χ1) is 49.2.